The van der Waals surface area contributed by atoms with Gasteiger partial charge in [0.15, 0.2) is 0 Å². The van der Waals surface area contributed by atoms with Gasteiger partial charge in [-0.2, -0.15) is 0 Å². The van der Waals surface area contributed by atoms with Gasteiger partial charge in [0.2, 0.25) is 0 Å². The van der Waals surface area contributed by atoms with Gasteiger partial charge in [-0.05, 0) is 52.1 Å². The normalized spacial score (nSPS) is 12.2. The number of nitrogens with zero attached hydrogens (tertiary/aromatic N) is 1. The van der Waals surface area contributed by atoms with Crippen molar-refractivity contribution in [2.24, 2.45) is 5.73 Å². The van der Waals surface area contributed by atoms with Crippen LogP contribution >= 0.6 is 0 Å². The molecule has 0 spiro atoms. The Morgan fingerprint density at radius 2 is 1.88 bits per heavy atom. The third-order valence-corrected chi connectivity index (χ3v) is 2.74. The molecule has 0 aliphatic heterocycles. The van der Waals surface area contributed by atoms with Crippen LogP contribution in [0, 0.1) is 6.92 Å². The van der Waals surface area contributed by atoms with E-state index >= 15 is 0 Å². The number of hydrogen-bond acceptors (Lipinski definition) is 3. The molecule has 0 aliphatic carbocycles. The first-order valence-corrected chi connectivity index (χ1v) is 5.49. The van der Waals surface area contributed by atoms with E-state index in [0.717, 1.165) is 23.2 Å². The van der Waals surface area contributed by atoms with Gasteiger partial charge in [-0.3, -0.25) is 0 Å². The molecule has 0 fully saturated rings. The maximum absolute atomic E-state index is 9.86. The van der Waals surface area contributed by atoms with Gasteiger partial charge in [0.05, 0.1) is 0 Å². The van der Waals surface area contributed by atoms with Crippen LogP contribution in [-0.4, -0.2) is 24.1 Å². The smallest absolute Gasteiger partial charge is 0.120 e. The fourth-order valence-corrected chi connectivity index (χ4v) is 1.96. The van der Waals surface area contributed by atoms with Crippen LogP contribution in [0.5, 0.6) is 5.75 Å². The Morgan fingerprint density at radius 1 is 1.31 bits per heavy atom. The van der Waals surface area contributed by atoms with Gasteiger partial charge in [0.25, 0.3) is 0 Å². The van der Waals surface area contributed by atoms with Crippen LogP contribution < -0.4 is 5.73 Å². The van der Waals surface area contributed by atoms with Crippen LogP contribution in [0.2, 0.25) is 0 Å². The highest BCUT2D eigenvalue weighted by molar-refractivity contribution is 5.46. The average molecular weight is 222 g/mol. The largest absolute Gasteiger partial charge is 0.508 e. The highest BCUT2D eigenvalue weighted by Crippen LogP contribution is 2.30. The molecule has 0 atom stereocenters. The van der Waals surface area contributed by atoms with Crippen molar-refractivity contribution in [3.8, 4) is 5.75 Å². The third kappa shape index (κ3) is 2.74. The van der Waals surface area contributed by atoms with Crippen molar-refractivity contribution in [2.45, 2.75) is 32.9 Å². The summed E-state index contributed by atoms with van der Waals surface area (Å²) in [5.74, 6) is 0.346. The summed E-state index contributed by atoms with van der Waals surface area (Å²) in [5, 5.41) is 9.86. The van der Waals surface area contributed by atoms with Crippen molar-refractivity contribution in [3.63, 3.8) is 0 Å². The molecule has 16 heavy (non-hydrogen) atoms. The standard InChI is InChI=1S/C13H22N2O/c1-9-10(8-15(4)5)12(16)7-6-11(9)13(2,3)14/h6-7,16H,8,14H2,1-5H3. The maximum Gasteiger partial charge on any atom is 0.120 e. The summed E-state index contributed by atoms with van der Waals surface area (Å²) >= 11 is 0. The van der Waals surface area contributed by atoms with Crippen molar-refractivity contribution in [3.05, 3.63) is 28.8 Å². The van der Waals surface area contributed by atoms with Crippen molar-refractivity contribution < 1.29 is 5.11 Å². The van der Waals surface area contributed by atoms with Gasteiger partial charge in [0.1, 0.15) is 5.75 Å². The highest BCUT2D eigenvalue weighted by atomic mass is 16.3. The fourth-order valence-electron chi connectivity index (χ4n) is 1.96. The quantitative estimate of drug-likeness (QED) is 0.822. The predicted octanol–water partition coefficient (Wildman–Crippen LogP) is 1.96. The highest BCUT2D eigenvalue weighted by Gasteiger charge is 2.20. The average Bonchev–Trinajstić information content (AvgIpc) is 2.09. The molecular weight excluding hydrogens is 200 g/mol. The Kier molecular flexibility index (Phi) is 3.61. The van der Waals surface area contributed by atoms with Gasteiger partial charge in [0, 0.05) is 17.6 Å². The van der Waals surface area contributed by atoms with E-state index in [1.54, 1.807) is 6.07 Å². The fraction of sp³-hybridized carbons (Fsp3) is 0.538. The van der Waals surface area contributed by atoms with E-state index in [2.05, 4.69) is 0 Å². The van der Waals surface area contributed by atoms with Crippen molar-refractivity contribution in [1.82, 2.24) is 4.90 Å². The van der Waals surface area contributed by atoms with E-state index in [4.69, 9.17) is 5.73 Å². The molecule has 1 aromatic carbocycles. The number of phenolic OH excluding ortho intramolecular Hbond substituents is 1. The lowest BCUT2D eigenvalue weighted by Crippen LogP contribution is -2.30. The Labute approximate surface area is 97.9 Å². The molecule has 0 amide bonds. The molecule has 0 radical (unpaired) electrons. The lowest BCUT2D eigenvalue weighted by atomic mass is 9.88. The van der Waals surface area contributed by atoms with Crippen LogP contribution in [0.4, 0.5) is 0 Å². The Morgan fingerprint density at radius 3 is 2.31 bits per heavy atom. The SMILES string of the molecule is Cc1c(C(C)(C)N)ccc(O)c1CN(C)C. The second-order valence-corrected chi connectivity index (χ2v) is 5.20. The van der Waals surface area contributed by atoms with E-state index in [9.17, 15) is 5.11 Å². The molecule has 0 bridgehead atoms. The Bertz CT molecular complexity index is 378. The summed E-state index contributed by atoms with van der Waals surface area (Å²) in [6, 6.07) is 3.64. The first kappa shape index (κ1) is 13.0. The summed E-state index contributed by atoms with van der Waals surface area (Å²) in [7, 11) is 3.97. The zero-order valence-corrected chi connectivity index (χ0v) is 10.8. The molecule has 1 rings (SSSR count). The van der Waals surface area contributed by atoms with Crippen LogP contribution in [0.3, 0.4) is 0 Å². The van der Waals surface area contributed by atoms with Gasteiger partial charge in [-0.1, -0.05) is 6.07 Å². The molecule has 0 saturated carbocycles. The number of benzene rings is 1. The molecule has 3 nitrogen and oxygen atoms in total. The summed E-state index contributed by atoms with van der Waals surface area (Å²) in [6.45, 7) is 6.70. The van der Waals surface area contributed by atoms with E-state index < -0.39 is 0 Å². The molecular formula is C13H22N2O. The molecule has 0 aliphatic rings. The molecule has 3 N–H and O–H groups in total. The zero-order chi connectivity index (χ0) is 12.5. The first-order valence-electron chi connectivity index (χ1n) is 5.49. The molecule has 0 saturated heterocycles. The summed E-state index contributed by atoms with van der Waals surface area (Å²) < 4.78 is 0. The van der Waals surface area contributed by atoms with E-state index in [1.165, 1.54) is 0 Å². The zero-order valence-electron chi connectivity index (χ0n) is 10.8. The van der Waals surface area contributed by atoms with Crippen molar-refractivity contribution in [1.29, 1.82) is 0 Å². The maximum atomic E-state index is 9.86. The van der Waals surface area contributed by atoms with Crippen molar-refractivity contribution >= 4 is 0 Å². The minimum Gasteiger partial charge on any atom is -0.508 e. The Balaban J connectivity index is 3.27. The molecule has 1 aromatic rings. The summed E-state index contributed by atoms with van der Waals surface area (Å²) in [4.78, 5) is 2.04. The van der Waals surface area contributed by atoms with E-state index in [0.29, 0.717) is 5.75 Å². The first-order chi connectivity index (χ1) is 7.23. The molecule has 0 aromatic heterocycles. The minimum atomic E-state index is -0.376. The Hall–Kier alpha value is -1.06. The van der Waals surface area contributed by atoms with Gasteiger partial charge < -0.3 is 15.7 Å². The lowest BCUT2D eigenvalue weighted by molar-refractivity contribution is 0.383. The number of aromatic hydroxyl groups is 1. The summed E-state index contributed by atoms with van der Waals surface area (Å²) in [6.07, 6.45) is 0. The number of hydrogen-bond donors (Lipinski definition) is 2. The van der Waals surface area contributed by atoms with Crippen molar-refractivity contribution in [2.75, 3.05) is 14.1 Å². The minimum absolute atomic E-state index is 0.346. The van der Waals surface area contributed by atoms with Gasteiger partial charge in [-0.15, -0.1) is 0 Å². The second kappa shape index (κ2) is 4.44. The predicted molar refractivity (Wildman–Crippen MR) is 67.4 cm³/mol. The lowest BCUT2D eigenvalue weighted by Gasteiger charge is -2.25. The van der Waals surface area contributed by atoms with Gasteiger partial charge >= 0.3 is 0 Å². The van der Waals surface area contributed by atoms with Crippen LogP contribution in [0.15, 0.2) is 12.1 Å². The van der Waals surface area contributed by atoms with Crippen LogP contribution in [-0.2, 0) is 12.1 Å². The topological polar surface area (TPSA) is 49.5 Å². The summed E-state index contributed by atoms with van der Waals surface area (Å²) in [5.41, 5.74) is 8.87. The molecule has 3 heteroatoms. The molecule has 0 unspecified atom stereocenters. The van der Waals surface area contributed by atoms with Gasteiger partial charge in [-0.25, -0.2) is 0 Å². The second-order valence-electron chi connectivity index (χ2n) is 5.20. The van der Waals surface area contributed by atoms with E-state index in [1.807, 2.05) is 45.8 Å². The number of nitrogens with two attached hydrogens (primary N) is 1. The molecule has 0 heterocycles. The third-order valence-electron chi connectivity index (χ3n) is 2.74. The monoisotopic (exact) mass is 222 g/mol. The molecule has 90 valence electrons. The van der Waals surface area contributed by atoms with E-state index in [-0.39, 0.29) is 5.54 Å². The number of phenols is 1. The van der Waals surface area contributed by atoms with Crippen LogP contribution in [0.25, 0.3) is 0 Å². The number of rotatable bonds is 3. The van der Waals surface area contributed by atoms with Crippen LogP contribution in [0.1, 0.15) is 30.5 Å².